The molecule has 9 heteroatoms. The number of para-hydroxylation sites is 1. The highest BCUT2D eigenvalue weighted by molar-refractivity contribution is 6.35. The first-order valence-corrected chi connectivity index (χ1v) is 10.6. The third kappa shape index (κ3) is 5.49. The van der Waals surface area contributed by atoms with Crippen molar-refractivity contribution in [1.82, 2.24) is 4.98 Å². The number of aryl methyl sites for hydroxylation is 1. The average Bonchev–Trinajstić information content (AvgIpc) is 3.18. The highest BCUT2D eigenvalue weighted by Crippen LogP contribution is 2.38. The Hall–Kier alpha value is -3.88. The molecule has 3 rings (SSSR count). The number of benzene rings is 1. The van der Waals surface area contributed by atoms with E-state index in [1.165, 1.54) is 4.90 Å². The molecular formula is C24H26N2O7. The minimum absolute atomic E-state index is 0.0898. The quantitative estimate of drug-likeness (QED) is 0.370. The molecule has 1 aliphatic heterocycles. The molecule has 2 aromatic rings. The molecule has 0 saturated carbocycles. The highest BCUT2D eigenvalue weighted by Gasteiger charge is 2.33. The van der Waals surface area contributed by atoms with Gasteiger partial charge in [0.15, 0.2) is 6.73 Å². The summed E-state index contributed by atoms with van der Waals surface area (Å²) in [5.41, 5.74) is 5.41. The minimum Gasteiger partial charge on any atom is -0.481 e. The Morgan fingerprint density at radius 3 is 2.45 bits per heavy atom. The third-order valence-corrected chi connectivity index (χ3v) is 5.60. The van der Waals surface area contributed by atoms with E-state index in [0.717, 1.165) is 22.5 Å². The molecule has 0 bridgehead atoms. The van der Waals surface area contributed by atoms with Crippen LogP contribution in [0.3, 0.4) is 0 Å². The number of hydrogen-bond donors (Lipinski definition) is 3. The van der Waals surface area contributed by atoms with Crippen LogP contribution >= 0.6 is 0 Å². The van der Waals surface area contributed by atoms with Crippen LogP contribution in [0.5, 0.6) is 0 Å². The number of carboxylic acids is 2. The minimum atomic E-state index is -1.10. The first-order valence-electron chi connectivity index (χ1n) is 10.6. The molecule has 0 unspecified atom stereocenters. The Bertz CT molecular complexity index is 1130. The van der Waals surface area contributed by atoms with Gasteiger partial charge in [-0.15, -0.1) is 0 Å². The van der Waals surface area contributed by atoms with Gasteiger partial charge in [-0.25, -0.2) is 0 Å². The normalized spacial score (nSPS) is 13.9. The molecule has 1 aromatic heterocycles. The van der Waals surface area contributed by atoms with Gasteiger partial charge in [0.05, 0.1) is 24.1 Å². The van der Waals surface area contributed by atoms with Crippen molar-refractivity contribution in [2.45, 2.75) is 46.0 Å². The lowest BCUT2D eigenvalue weighted by atomic mass is 10.0. The molecule has 1 aliphatic rings. The molecule has 2 heterocycles. The van der Waals surface area contributed by atoms with Crippen molar-refractivity contribution in [3.05, 3.63) is 52.3 Å². The Balaban J connectivity index is 1.83. The van der Waals surface area contributed by atoms with Gasteiger partial charge >= 0.3 is 17.9 Å². The number of anilines is 1. The monoisotopic (exact) mass is 454 g/mol. The number of aromatic amines is 1. The molecule has 0 radical (unpaired) electrons. The fraction of sp³-hybridized carbons (Fsp3) is 0.333. The van der Waals surface area contributed by atoms with Crippen molar-refractivity contribution >= 4 is 41.2 Å². The number of hydrogen-bond acceptors (Lipinski definition) is 5. The average molecular weight is 454 g/mol. The standard InChI is InChI=1S/C24H26N2O7/c1-14-16(7-5-9-21(27)28)15(2)25-19(14)12-18-17-6-3-4-8-20(17)26(24(18)32)13-33-23(31)11-10-22(29)30/h3-4,6,8,12,25H,5,7,9-11,13H2,1-2H3,(H,27,28)(H,29,30)/b18-12-. The van der Waals surface area contributed by atoms with E-state index in [0.29, 0.717) is 29.7 Å². The number of aromatic nitrogens is 1. The molecule has 33 heavy (non-hydrogen) atoms. The van der Waals surface area contributed by atoms with E-state index in [1.807, 2.05) is 26.0 Å². The Kier molecular flexibility index (Phi) is 7.32. The van der Waals surface area contributed by atoms with Crippen LogP contribution in [-0.2, 0) is 30.3 Å². The first-order chi connectivity index (χ1) is 15.7. The van der Waals surface area contributed by atoms with Crippen molar-refractivity contribution in [2.24, 2.45) is 0 Å². The zero-order chi connectivity index (χ0) is 24.1. The van der Waals surface area contributed by atoms with E-state index in [-0.39, 0.29) is 31.9 Å². The first kappa shape index (κ1) is 23.8. The second-order valence-electron chi connectivity index (χ2n) is 7.86. The molecule has 1 amide bonds. The van der Waals surface area contributed by atoms with Gasteiger partial charge in [-0.2, -0.15) is 0 Å². The predicted molar refractivity (Wildman–Crippen MR) is 120 cm³/mol. The molecule has 0 saturated heterocycles. The topological polar surface area (TPSA) is 137 Å². The number of carbonyl (C=O) groups is 4. The van der Waals surface area contributed by atoms with Gasteiger partial charge in [-0.1, -0.05) is 18.2 Å². The van der Waals surface area contributed by atoms with Crippen molar-refractivity contribution in [1.29, 1.82) is 0 Å². The number of ether oxygens (including phenoxy) is 1. The molecule has 0 atom stereocenters. The summed E-state index contributed by atoms with van der Waals surface area (Å²) in [6.07, 6.45) is 2.38. The number of carbonyl (C=O) groups excluding carboxylic acids is 2. The fourth-order valence-corrected chi connectivity index (χ4v) is 3.89. The van der Waals surface area contributed by atoms with Gasteiger partial charge in [-0.05, 0) is 50.0 Å². The van der Waals surface area contributed by atoms with Crippen LogP contribution in [0.2, 0.25) is 0 Å². The molecule has 9 nitrogen and oxygen atoms in total. The number of amides is 1. The number of esters is 1. The van der Waals surface area contributed by atoms with E-state index in [1.54, 1.807) is 18.2 Å². The van der Waals surface area contributed by atoms with Crippen molar-refractivity contribution in [3.8, 4) is 0 Å². The van der Waals surface area contributed by atoms with Crippen molar-refractivity contribution in [3.63, 3.8) is 0 Å². The fourth-order valence-electron chi connectivity index (χ4n) is 3.89. The van der Waals surface area contributed by atoms with Gasteiger partial charge < -0.3 is 19.9 Å². The molecule has 0 fully saturated rings. The summed E-state index contributed by atoms with van der Waals surface area (Å²) in [6.45, 7) is 3.53. The van der Waals surface area contributed by atoms with E-state index in [9.17, 15) is 19.2 Å². The highest BCUT2D eigenvalue weighted by atomic mass is 16.5. The smallest absolute Gasteiger partial charge is 0.308 e. The number of nitrogens with zero attached hydrogens (tertiary/aromatic N) is 1. The number of carboxylic acid groups (broad SMARTS) is 2. The SMILES string of the molecule is Cc1[nH]c(/C=C2\C(=O)N(COC(=O)CCC(=O)O)c3ccccc32)c(C)c1CCCC(=O)O. The summed E-state index contributed by atoms with van der Waals surface area (Å²) < 4.78 is 5.13. The lowest BCUT2D eigenvalue weighted by molar-refractivity contribution is -0.148. The van der Waals surface area contributed by atoms with E-state index >= 15 is 0 Å². The molecule has 1 aromatic carbocycles. The van der Waals surface area contributed by atoms with Crippen LogP contribution in [0.25, 0.3) is 11.6 Å². The molecule has 174 valence electrons. The van der Waals surface area contributed by atoms with Crippen LogP contribution in [0.4, 0.5) is 5.69 Å². The van der Waals surface area contributed by atoms with Crippen molar-refractivity contribution < 1.29 is 34.1 Å². The van der Waals surface area contributed by atoms with Gasteiger partial charge in [0.2, 0.25) is 0 Å². The van der Waals surface area contributed by atoms with Gasteiger partial charge in [0, 0.05) is 23.4 Å². The molecule has 3 N–H and O–H groups in total. The Labute approximate surface area is 190 Å². The summed E-state index contributed by atoms with van der Waals surface area (Å²) in [6, 6.07) is 7.15. The predicted octanol–water partition coefficient (Wildman–Crippen LogP) is 3.29. The number of H-pyrrole nitrogens is 1. The number of rotatable bonds is 10. The number of aliphatic carboxylic acids is 2. The third-order valence-electron chi connectivity index (χ3n) is 5.60. The summed E-state index contributed by atoms with van der Waals surface area (Å²) in [4.78, 5) is 51.1. The molecule has 0 spiro atoms. The maximum atomic E-state index is 13.2. The number of nitrogens with one attached hydrogen (secondary N) is 1. The Morgan fingerprint density at radius 1 is 1.06 bits per heavy atom. The van der Waals surface area contributed by atoms with E-state index in [2.05, 4.69) is 4.98 Å². The summed E-state index contributed by atoms with van der Waals surface area (Å²) in [5, 5.41) is 17.6. The number of fused-ring (bicyclic) bond motifs is 1. The second-order valence-corrected chi connectivity index (χ2v) is 7.86. The zero-order valence-corrected chi connectivity index (χ0v) is 18.5. The maximum Gasteiger partial charge on any atom is 0.308 e. The second kappa shape index (κ2) is 10.2. The molecular weight excluding hydrogens is 428 g/mol. The van der Waals surface area contributed by atoms with E-state index in [4.69, 9.17) is 14.9 Å². The van der Waals surface area contributed by atoms with Gasteiger partial charge in [-0.3, -0.25) is 24.1 Å². The van der Waals surface area contributed by atoms with Crippen LogP contribution in [0.1, 0.15) is 53.8 Å². The van der Waals surface area contributed by atoms with Crippen molar-refractivity contribution in [2.75, 3.05) is 11.6 Å². The van der Waals surface area contributed by atoms with Gasteiger partial charge in [0.25, 0.3) is 5.91 Å². The maximum absolute atomic E-state index is 13.2. The summed E-state index contributed by atoms with van der Waals surface area (Å²) in [7, 11) is 0. The summed E-state index contributed by atoms with van der Waals surface area (Å²) in [5.74, 6) is -2.96. The van der Waals surface area contributed by atoms with E-state index < -0.39 is 17.9 Å². The van der Waals surface area contributed by atoms with Gasteiger partial charge in [0.1, 0.15) is 0 Å². The Morgan fingerprint density at radius 2 is 1.76 bits per heavy atom. The lowest BCUT2D eigenvalue weighted by Gasteiger charge is -2.16. The zero-order valence-electron chi connectivity index (χ0n) is 18.5. The largest absolute Gasteiger partial charge is 0.481 e. The van der Waals surface area contributed by atoms with Crippen LogP contribution < -0.4 is 4.90 Å². The van der Waals surface area contributed by atoms with Crippen LogP contribution in [0.15, 0.2) is 24.3 Å². The molecule has 0 aliphatic carbocycles. The van der Waals surface area contributed by atoms with Crippen LogP contribution in [-0.4, -0.2) is 45.7 Å². The summed E-state index contributed by atoms with van der Waals surface area (Å²) >= 11 is 0. The van der Waals surface area contributed by atoms with Crippen LogP contribution in [0, 0.1) is 13.8 Å². The lowest BCUT2D eigenvalue weighted by Crippen LogP contribution is -2.30.